The van der Waals surface area contributed by atoms with Crippen molar-refractivity contribution in [2.75, 3.05) is 0 Å². The largest absolute Gasteiger partial charge is 0.508 e. The highest BCUT2D eigenvalue weighted by Crippen LogP contribution is 2.14. The normalized spacial score (nSPS) is 10.3. The molecular weight excluding hydrogens is 206 g/mol. The number of carbonyl (C=O) groups is 1. The van der Waals surface area contributed by atoms with E-state index in [1.54, 1.807) is 30.5 Å². The third-order valence-corrected chi connectivity index (χ3v) is 2.07. The zero-order valence-electron chi connectivity index (χ0n) is 8.79. The van der Waals surface area contributed by atoms with E-state index in [0.717, 1.165) is 0 Å². The Bertz CT molecular complexity index is 519. The number of benzene rings is 1. The molecule has 16 heavy (non-hydrogen) atoms. The van der Waals surface area contributed by atoms with Crippen LogP contribution in [0.25, 0.3) is 5.69 Å². The van der Waals surface area contributed by atoms with Crippen LogP contribution in [0.1, 0.15) is 12.6 Å². The first-order chi connectivity index (χ1) is 7.65. The molecule has 0 saturated carbocycles. The number of phenolic OH excluding ortho intramolecular Hbond substituents is 1. The van der Waals surface area contributed by atoms with Crippen LogP contribution in [0.5, 0.6) is 5.75 Å². The molecule has 0 fully saturated rings. The summed E-state index contributed by atoms with van der Waals surface area (Å²) in [5.74, 6) is 0.212. The van der Waals surface area contributed by atoms with E-state index >= 15 is 0 Å². The Kier molecular flexibility index (Phi) is 2.68. The Labute approximate surface area is 92.3 Å². The molecule has 2 rings (SSSR count). The molecule has 0 aliphatic heterocycles. The number of phenols is 1. The van der Waals surface area contributed by atoms with Gasteiger partial charge in [-0.15, -0.1) is 5.10 Å². The molecule has 1 N–H and O–H groups in total. The summed E-state index contributed by atoms with van der Waals surface area (Å²) in [6.45, 7) is 1.51. The Balaban J connectivity index is 2.28. The van der Waals surface area contributed by atoms with Gasteiger partial charge in [0.05, 0.1) is 24.0 Å². The van der Waals surface area contributed by atoms with E-state index in [1.807, 2.05) is 0 Å². The van der Waals surface area contributed by atoms with Gasteiger partial charge in [0.25, 0.3) is 0 Å². The highest BCUT2D eigenvalue weighted by atomic mass is 16.3. The first kappa shape index (κ1) is 10.4. The molecule has 0 bridgehead atoms. The fourth-order valence-corrected chi connectivity index (χ4v) is 1.40. The molecule has 1 heterocycles. The standard InChI is InChI=1S/C11H11N3O2/c1-8(15)5-9-7-14(13-12-9)10-3-2-4-11(16)6-10/h2-4,6-7,16H,5H2,1H3. The smallest absolute Gasteiger partial charge is 0.135 e. The van der Waals surface area contributed by atoms with E-state index < -0.39 is 0 Å². The summed E-state index contributed by atoms with van der Waals surface area (Å²) in [7, 11) is 0. The number of Topliss-reactive ketones (excluding diaryl/α,β-unsaturated/α-hetero) is 1. The average molecular weight is 217 g/mol. The SMILES string of the molecule is CC(=O)Cc1cn(-c2cccc(O)c2)nn1. The quantitative estimate of drug-likeness (QED) is 0.836. The van der Waals surface area contributed by atoms with Crippen molar-refractivity contribution in [2.45, 2.75) is 13.3 Å². The molecule has 0 aliphatic carbocycles. The van der Waals surface area contributed by atoms with Crippen LogP contribution in [0.3, 0.4) is 0 Å². The lowest BCUT2D eigenvalue weighted by Crippen LogP contribution is -1.96. The minimum absolute atomic E-state index is 0.0444. The fourth-order valence-electron chi connectivity index (χ4n) is 1.40. The van der Waals surface area contributed by atoms with Crippen molar-refractivity contribution in [3.8, 4) is 11.4 Å². The molecule has 5 nitrogen and oxygen atoms in total. The van der Waals surface area contributed by atoms with E-state index in [0.29, 0.717) is 11.4 Å². The second kappa shape index (κ2) is 4.14. The summed E-state index contributed by atoms with van der Waals surface area (Å²) >= 11 is 0. The van der Waals surface area contributed by atoms with Crippen molar-refractivity contribution in [3.63, 3.8) is 0 Å². The molecule has 82 valence electrons. The predicted molar refractivity (Wildman–Crippen MR) is 57.4 cm³/mol. The average Bonchev–Trinajstić information content (AvgIpc) is 2.65. The van der Waals surface area contributed by atoms with Gasteiger partial charge in [-0.05, 0) is 19.1 Å². The number of carbonyl (C=O) groups excluding carboxylic acids is 1. The molecule has 0 spiro atoms. The van der Waals surface area contributed by atoms with Crippen molar-refractivity contribution < 1.29 is 9.90 Å². The summed E-state index contributed by atoms with van der Waals surface area (Å²) in [4.78, 5) is 10.9. The van der Waals surface area contributed by atoms with Crippen molar-refractivity contribution in [2.24, 2.45) is 0 Å². The Morgan fingerprint density at radius 1 is 1.50 bits per heavy atom. The number of ketones is 1. The van der Waals surface area contributed by atoms with Gasteiger partial charge in [0.2, 0.25) is 0 Å². The lowest BCUT2D eigenvalue weighted by atomic mass is 10.2. The van der Waals surface area contributed by atoms with Crippen LogP contribution in [-0.4, -0.2) is 25.9 Å². The van der Waals surface area contributed by atoms with E-state index in [2.05, 4.69) is 10.3 Å². The number of nitrogens with zero attached hydrogens (tertiary/aromatic N) is 3. The Hall–Kier alpha value is -2.17. The van der Waals surface area contributed by atoms with Crippen molar-refractivity contribution in [3.05, 3.63) is 36.2 Å². The maximum atomic E-state index is 10.9. The summed E-state index contributed by atoms with van der Waals surface area (Å²) in [5.41, 5.74) is 1.33. The van der Waals surface area contributed by atoms with Crippen LogP contribution in [-0.2, 0) is 11.2 Å². The minimum Gasteiger partial charge on any atom is -0.508 e. The molecule has 1 aromatic carbocycles. The first-order valence-corrected chi connectivity index (χ1v) is 4.85. The fraction of sp³-hybridized carbons (Fsp3) is 0.182. The molecule has 0 radical (unpaired) electrons. The lowest BCUT2D eigenvalue weighted by Gasteiger charge is -1.99. The molecule has 0 saturated heterocycles. The topological polar surface area (TPSA) is 68.0 Å². The number of rotatable bonds is 3. The molecule has 5 heteroatoms. The third-order valence-electron chi connectivity index (χ3n) is 2.07. The Morgan fingerprint density at radius 2 is 2.31 bits per heavy atom. The van der Waals surface area contributed by atoms with Crippen LogP contribution >= 0.6 is 0 Å². The molecule has 0 aliphatic rings. The number of hydrogen-bond acceptors (Lipinski definition) is 4. The predicted octanol–water partition coefficient (Wildman–Crippen LogP) is 1.10. The van der Waals surface area contributed by atoms with Gasteiger partial charge in [0, 0.05) is 6.07 Å². The second-order valence-electron chi connectivity index (χ2n) is 3.55. The third kappa shape index (κ3) is 2.25. The van der Waals surface area contributed by atoms with Crippen molar-refractivity contribution in [1.29, 1.82) is 0 Å². The molecule has 0 atom stereocenters. The first-order valence-electron chi connectivity index (χ1n) is 4.85. The van der Waals surface area contributed by atoms with E-state index in [9.17, 15) is 9.90 Å². The molecule has 0 unspecified atom stereocenters. The van der Waals surface area contributed by atoms with E-state index in [4.69, 9.17) is 0 Å². The van der Waals surface area contributed by atoms with Crippen LogP contribution in [0.15, 0.2) is 30.5 Å². The maximum Gasteiger partial charge on any atom is 0.135 e. The van der Waals surface area contributed by atoms with Gasteiger partial charge in [0.15, 0.2) is 0 Å². The zero-order valence-corrected chi connectivity index (χ0v) is 8.79. The summed E-state index contributed by atoms with van der Waals surface area (Å²) in [6, 6.07) is 6.67. The highest BCUT2D eigenvalue weighted by molar-refractivity contribution is 5.77. The van der Waals surface area contributed by atoms with Gasteiger partial charge in [-0.1, -0.05) is 11.3 Å². The van der Waals surface area contributed by atoms with Gasteiger partial charge in [0.1, 0.15) is 11.5 Å². The minimum atomic E-state index is 0.0444. The molecule has 0 amide bonds. The summed E-state index contributed by atoms with van der Waals surface area (Å²) in [5, 5.41) is 17.1. The van der Waals surface area contributed by atoms with Gasteiger partial charge < -0.3 is 5.11 Å². The summed E-state index contributed by atoms with van der Waals surface area (Å²) in [6.07, 6.45) is 1.95. The van der Waals surface area contributed by atoms with Crippen LogP contribution < -0.4 is 0 Å². The monoisotopic (exact) mass is 217 g/mol. The number of aromatic nitrogens is 3. The molecular formula is C11H11N3O2. The van der Waals surface area contributed by atoms with Crippen LogP contribution in [0.4, 0.5) is 0 Å². The highest BCUT2D eigenvalue weighted by Gasteiger charge is 2.05. The van der Waals surface area contributed by atoms with Crippen LogP contribution in [0, 0.1) is 0 Å². The molecule has 2 aromatic rings. The summed E-state index contributed by atoms with van der Waals surface area (Å²) < 4.78 is 1.53. The maximum absolute atomic E-state index is 10.9. The van der Waals surface area contributed by atoms with Gasteiger partial charge in [-0.2, -0.15) is 0 Å². The van der Waals surface area contributed by atoms with E-state index in [-0.39, 0.29) is 18.0 Å². The van der Waals surface area contributed by atoms with Crippen LogP contribution in [0.2, 0.25) is 0 Å². The van der Waals surface area contributed by atoms with Gasteiger partial charge >= 0.3 is 0 Å². The Morgan fingerprint density at radius 3 is 3.00 bits per heavy atom. The lowest BCUT2D eigenvalue weighted by molar-refractivity contribution is -0.116. The van der Waals surface area contributed by atoms with Gasteiger partial charge in [-0.25, -0.2) is 4.68 Å². The zero-order chi connectivity index (χ0) is 11.5. The molecule has 1 aromatic heterocycles. The van der Waals surface area contributed by atoms with Crippen molar-refractivity contribution in [1.82, 2.24) is 15.0 Å². The second-order valence-corrected chi connectivity index (χ2v) is 3.55. The number of hydrogen-bond donors (Lipinski definition) is 1. The van der Waals surface area contributed by atoms with E-state index in [1.165, 1.54) is 11.6 Å². The number of aromatic hydroxyl groups is 1. The van der Waals surface area contributed by atoms with Crippen molar-refractivity contribution >= 4 is 5.78 Å². The van der Waals surface area contributed by atoms with Gasteiger partial charge in [-0.3, -0.25) is 4.79 Å².